The molecule has 1 unspecified atom stereocenters. The van der Waals surface area contributed by atoms with Gasteiger partial charge in [0.25, 0.3) is 5.91 Å². The fourth-order valence-corrected chi connectivity index (χ4v) is 1.49. The van der Waals surface area contributed by atoms with Gasteiger partial charge in [-0.3, -0.25) is 14.9 Å². The van der Waals surface area contributed by atoms with Crippen molar-refractivity contribution in [1.29, 1.82) is 0 Å². The van der Waals surface area contributed by atoms with Gasteiger partial charge in [-0.15, -0.1) is 0 Å². The monoisotopic (exact) mass is 267 g/mol. The second-order valence-corrected chi connectivity index (χ2v) is 4.17. The van der Waals surface area contributed by atoms with E-state index in [0.29, 0.717) is 18.5 Å². The highest BCUT2D eigenvalue weighted by Crippen LogP contribution is 2.27. The summed E-state index contributed by atoms with van der Waals surface area (Å²) in [4.78, 5) is 22.0. The molecule has 7 heteroatoms. The molecule has 0 aliphatic rings. The summed E-state index contributed by atoms with van der Waals surface area (Å²) in [5.41, 5.74) is 5.71. The Balaban J connectivity index is 2.78. The average molecular weight is 267 g/mol. The molecule has 0 fully saturated rings. The molecule has 1 amide bonds. The van der Waals surface area contributed by atoms with Gasteiger partial charge in [0.1, 0.15) is 0 Å². The molecule has 0 spiro atoms. The number of carbonyl (C=O) groups excluding carboxylic acids is 1. The minimum absolute atomic E-state index is 0.00620. The lowest BCUT2D eigenvalue weighted by Crippen LogP contribution is -2.28. The van der Waals surface area contributed by atoms with Crippen LogP contribution < -0.4 is 15.8 Å². The van der Waals surface area contributed by atoms with E-state index in [1.807, 2.05) is 6.92 Å². The van der Waals surface area contributed by atoms with Crippen molar-refractivity contribution in [3.63, 3.8) is 0 Å². The first kappa shape index (κ1) is 14.9. The predicted molar refractivity (Wildman–Crippen MR) is 70.2 cm³/mol. The number of nitrogens with zero attached hydrogens (tertiary/aromatic N) is 1. The lowest BCUT2D eigenvalue weighted by molar-refractivity contribution is -0.385. The van der Waals surface area contributed by atoms with Crippen LogP contribution in [0.5, 0.6) is 5.75 Å². The van der Waals surface area contributed by atoms with Gasteiger partial charge in [-0.25, -0.2) is 0 Å². The van der Waals surface area contributed by atoms with E-state index in [4.69, 9.17) is 10.5 Å². The quantitative estimate of drug-likeness (QED) is 0.592. The highest BCUT2D eigenvalue weighted by molar-refractivity contribution is 5.95. The second-order valence-electron chi connectivity index (χ2n) is 4.17. The molecule has 1 aromatic rings. The van der Waals surface area contributed by atoms with Crippen molar-refractivity contribution in [3.8, 4) is 5.75 Å². The number of carbonyl (C=O) groups is 1. The van der Waals surface area contributed by atoms with E-state index in [-0.39, 0.29) is 23.4 Å². The first-order chi connectivity index (χ1) is 8.95. The van der Waals surface area contributed by atoms with Gasteiger partial charge >= 0.3 is 5.69 Å². The van der Waals surface area contributed by atoms with Crippen LogP contribution in [-0.2, 0) is 0 Å². The third-order valence-corrected chi connectivity index (χ3v) is 2.52. The number of hydrogen-bond donors (Lipinski definition) is 2. The summed E-state index contributed by atoms with van der Waals surface area (Å²) in [5, 5.41) is 13.4. The molecular weight excluding hydrogens is 250 g/mol. The van der Waals surface area contributed by atoms with Crippen LogP contribution in [-0.4, -0.2) is 30.5 Å². The van der Waals surface area contributed by atoms with Crippen LogP contribution in [0.1, 0.15) is 23.7 Å². The lowest BCUT2D eigenvalue weighted by Gasteiger charge is -2.08. The fourth-order valence-electron chi connectivity index (χ4n) is 1.49. The zero-order chi connectivity index (χ0) is 14.4. The Morgan fingerprint density at radius 1 is 1.58 bits per heavy atom. The van der Waals surface area contributed by atoms with Gasteiger partial charge in [-0.05, 0) is 19.4 Å². The molecule has 19 heavy (non-hydrogen) atoms. The van der Waals surface area contributed by atoms with E-state index >= 15 is 0 Å². The number of nitro benzene ring substituents is 1. The Morgan fingerprint density at radius 2 is 2.26 bits per heavy atom. The lowest BCUT2D eigenvalue weighted by atomic mass is 10.1. The van der Waals surface area contributed by atoms with Gasteiger partial charge in [0, 0.05) is 30.3 Å². The Hall–Kier alpha value is -2.15. The Kier molecular flexibility index (Phi) is 5.25. The molecule has 104 valence electrons. The van der Waals surface area contributed by atoms with E-state index in [9.17, 15) is 14.9 Å². The zero-order valence-corrected chi connectivity index (χ0v) is 10.9. The summed E-state index contributed by atoms with van der Waals surface area (Å²) < 4.78 is 4.90. The summed E-state index contributed by atoms with van der Waals surface area (Å²) in [5.74, 6) is -0.251. The molecule has 0 aliphatic carbocycles. The summed E-state index contributed by atoms with van der Waals surface area (Å²) >= 11 is 0. The molecule has 3 N–H and O–H groups in total. The average Bonchev–Trinajstić information content (AvgIpc) is 2.37. The Morgan fingerprint density at radius 3 is 2.79 bits per heavy atom. The highest BCUT2D eigenvalue weighted by atomic mass is 16.6. The largest absolute Gasteiger partial charge is 0.490 e. The Labute approximate surface area is 110 Å². The van der Waals surface area contributed by atoms with Gasteiger partial charge in [0.2, 0.25) is 0 Å². The van der Waals surface area contributed by atoms with Gasteiger partial charge in [-0.2, -0.15) is 0 Å². The van der Waals surface area contributed by atoms with Crippen molar-refractivity contribution < 1.29 is 14.5 Å². The number of ether oxygens (including phenoxy) is 1. The number of amides is 1. The van der Waals surface area contributed by atoms with Crippen LogP contribution in [0.2, 0.25) is 0 Å². The summed E-state index contributed by atoms with van der Waals surface area (Å²) in [7, 11) is 1.32. The zero-order valence-electron chi connectivity index (χ0n) is 10.9. The van der Waals surface area contributed by atoms with Crippen LogP contribution in [0.4, 0.5) is 5.69 Å². The fraction of sp³-hybridized carbons (Fsp3) is 0.417. The number of nitrogens with one attached hydrogen (secondary N) is 1. The molecule has 0 saturated heterocycles. The molecule has 7 nitrogen and oxygen atoms in total. The van der Waals surface area contributed by atoms with Crippen LogP contribution in [0.25, 0.3) is 0 Å². The molecule has 0 saturated carbocycles. The second kappa shape index (κ2) is 6.69. The van der Waals surface area contributed by atoms with Crippen molar-refractivity contribution in [3.05, 3.63) is 33.9 Å². The van der Waals surface area contributed by atoms with Gasteiger partial charge < -0.3 is 15.8 Å². The number of nitro groups is 1. The first-order valence-corrected chi connectivity index (χ1v) is 5.82. The molecule has 1 atom stereocenters. The minimum Gasteiger partial charge on any atom is -0.490 e. The SMILES string of the molecule is COc1cc(C(=O)NCCC(C)N)ccc1[N+](=O)[O-]. The standard InChI is InChI=1S/C12H17N3O4/c1-8(13)5-6-14-12(16)9-3-4-10(15(17)18)11(7-9)19-2/h3-4,7-8H,5-6,13H2,1-2H3,(H,14,16). The first-order valence-electron chi connectivity index (χ1n) is 5.82. The molecule has 0 bridgehead atoms. The van der Waals surface area contributed by atoms with Crippen molar-refractivity contribution in [2.24, 2.45) is 5.73 Å². The van der Waals surface area contributed by atoms with Crippen molar-refractivity contribution >= 4 is 11.6 Å². The number of hydrogen-bond acceptors (Lipinski definition) is 5. The van der Waals surface area contributed by atoms with Crippen LogP contribution in [0.3, 0.4) is 0 Å². The number of benzene rings is 1. The summed E-state index contributed by atoms with van der Waals surface area (Å²) in [6, 6.07) is 3.99. The van der Waals surface area contributed by atoms with Gasteiger partial charge in [0.05, 0.1) is 12.0 Å². The van der Waals surface area contributed by atoms with E-state index in [2.05, 4.69) is 5.32 Å². The summed E-state index contributed by atoms with van der Waals surface area (Å²) in [6.07, 6.45) is 0.663. The summed E-state index contributed by atoms with van der Waals surface area (Å²) in [6.45, 7) is 2.30. The van der Waals surface area contributed by atoms with Crippen molar-refractivity contribution in [2.45, 2.75) is 19.4 Å². The van der Waals surface area contributed by atoms with Crippen LogP contribution in [0, 0.1) is 10.1 Å². The van der Waals surface area contributed by atoms with Crippen LogP contribution in [0.15, 0.2) is 18.2 Å². The maximum Gasteiger partial charge on any atom is 0.310 e. The predicted octanol–water partition coefficient (Wildman–Crippen LogP) is 1.07. The third-order valence-electron chi connectivity index (χ3n) is 2.52. The highest BCUT2D eigenvalue weighted by Gasteiger charge is 2.17. The maximum atomic E-state index is 11.8. The molecule has 0 radical (unpaired) electrons. The molecule has 1 aromatic carbocycles. The molecule has 1 rings (SSSR count). The molecule has 0 aromatic heterocycles. The number of rotatable bonds is 6. The maximum absolute atomic E-state index is 11.8. The smallest absolute Gasteiger partial charge is 0.310 e. The van der Waals surface area contributed by atoms with E-state index < -0.39 is 4.92 Å². The molecular formula is C12H17N3O4. The van der Waals surface area contributed by atoms with Gasteiger partial charge in [-0.1, -0.05) is 0 Å². The number of nitrogens with two attached hydrogens (primary N) is 1. The minimum atomic E-state index is -0.559. The van der Waals surface area contributed by atoms with E-state index in [1.165, 1.54) is 25.3 Å². The third kappa shape index (κ3) is 4.22. The molecule has 0 aliphatic heterocycles. The van der Waals surface area contributed by atoms with E-state index in [0.717, 1.165) is 0 Å². The topological polar surface area (TPSA) is 107 Å². The van der Waals surface area contributed by atoms with Gasteiger partial charge in [0.15, 0.2) is 5.75 Å². The molecule has 0 heterocycles. The number of methoxy groups -OCH3 is 1. The van der Waals surface area contributed by atoms with Crippen molar-refractivity contribution in [1.82, 2.24) is 5.32 Å². The normalized spacial score (nSPS) is 11.7. The Bertz CT molecular complexity index is 474. The van der Waals surface area contributed by atoms with E-state index in [1.54, 1.807) is 0 Å². The van der Waals surface area contributed by atoms with Crippen molar-refractivity contribution in [2.75, 3.05) is 13.7 Å². The van der Waals surface area contributed by atoms with Crippen LogP contribution >= 0.6 is 0 Å².